The molecule has 0 radical (unpaired) electrons. The molecule has 4 nitrogen and oxygen atoms in total. The highest BCUT2D eigenvalue weighted by Crippen LogP contribution is 2.42. The number of benzene rings is 2. The summed E-state index contributed by atoms with van der Waals surface area (Å²) in [5.74, 6) is 0.152. The molecule has 0 aliphatic carbocycles. The zero-order valence-corrected chi connectivity index (χ0v) is 14.9. The van der Waals surface area contributed by atoms with Crippen LogP contribution in [0.1, 0.15) is 26.3 Å². The van der Waals surface area contributed by atoms with Crippen molar-refractivity contribution in [3.63, 3.8) is 0 Å². The zero-order chi connectivity index (χ0) is 17.3. The molecule has 3 rings (SSSR count). The fourth-order valence-electron chi connectivity index (χ4n) is 2.85. The van der Waals surface area contributed by atoms with E-state index in [1.54, 1.807) is 0 Å². The van der Waals surface area contributed by atoms with Gasteiger partial charge in [0.05, 0.1) is 32.0 Å². The van der Waals surface area contributed by atoms with Crippen molar-refractivity contribution in [3.8, 4) is 0 Å². The predicted molar refractivity (Wildman–Crippen MR) is 94.9 cm³/mol. The Bertz CT molecular complexity index is 801. The van der Waals surface area contributed by atoms with Crippen LogP contribution < -0.4 is 4.90 Å². The molecular formula is C19H21NO3S. The highest BCUT2D eigenvalue weighted by atomic mass is 32.2. The number of anilines is 2. The normalized spacial score (nSPS) is 15.8. The fourth-order valence-corrected chi connectivity index (χ4v) is 4.29. The van der Waals surface area contributed by atoms with Crippen LogP contribution in [0.4, 0.5) is 11.4 Å². The van der Waals surface area contributed by atoms with E-state index >= 15 is 0 Å². The molecular weight excluding hydrogens is 322 g/mol. The Balaban J connectivity index is 2.05. The number of nitrogens with zero attached hydrogens (tertiary/aromatic N) is 1. The molecule has 0 N–H and O–H groups in total. The first-order valence-electron chi connectivity index (χ1n) is 8.02. The summed E-state index contributed by atoms with van der Waals surface area (Å²) in [6.07, 6.45) is 0. The van der Waals surface area contributed by atoms with Gasteiger partial charge in [0.15, 0.2) is 0 Å². The Kier molecular flexibility index (Phi) is 4.71. The lowest BCUT2D eigenvalue weighted by atomic mass is 10.1. The minimum absolute atomic E-state index is 0.200. The first kappa shape index (κ1) is 16.7. The minimum atomic E-state index is -1.23. The van der Waals surface area contributed by atoms with Crippen LogP contribution >= 0.6 is 0 Å². The maximum Gasteiger partial charge on any atom is 0.302 e. The highest BCUT2D eigenvalue weighted by molar-refractivity contribution is 7.85. The molecule has 2 aromatic carbocycles. The van der Waals surface area contributed by atoms with Crippen LogP contribution in [-0.2, 0) is 26.9 Å². The van der Waals surface area contributed by atoms with Crippen LogP contribution in [0.3, 0.4) is 0 Å². The van der Waals surface area contributed by atoms with Crippen LogP contribution in [0.5, 0.6) is 0 Å². The van der Waals surface area contributed by atoms with Crippen molar-refractivity contribution >= 4 is 28.1 Å². The van der Waals surface area contributed by atoms with Crippen molar-refractivity contribution in [1.82, 2.24) is 0 Å². The molecule has 0 aromatic heterocycles. The molecule has 1 aliphatic rings. The van der Waals surface area contributed by atoms with Gasteiger partial charge in [-0.25, -0.2) is 4.21 Å². The van der Waals surface area contributed by atoms with E-state index in [-0.39, 0.29) is 12.6 Å². The van der Waals surface area contributed by atoms with Crippen molar-refractivity contribution in [2.45, 2.75) is 37.2 Å². The van der Waals surface area contributed by atoms with E-state index in [9.17, 15) is 9.00 Å². The van der Waals surface area contributed by atoms with Crippen molar-refractivity contribution < 1.29 is 13.7 Å². The summed E-state index contributed by atoms with van der Waals surface area (Å²) in [4.78, 5) is 14.9. The third kappa shape index (κ3) is 3.22. The standard InChI is InChI=1S/C19H21NO3S/c1-13(2)11-20-16-6-4-5-7-18(16)24(22)19-10-15(8-9-17(19)20)12-23-14(3)21/h4-10,13H,11-12H2,1-3H3. The summed E-state index contributed by atoms with van der Waals surface area (Å²) in [5, 5.41) is 0. The Morgan fingerprint density at radius 1 is 1.12 bits per heavy atom. The second-order valence-corrected chi connectivity index (χ2v) is 7.74. The monoisotopic (exact) mass is 343 g/mol. The van der Waals surface area contributed by atoms with Crippen LogP contribution in [0.2, 0.25) is 0 Å². The Labute approximate surface area is 144 Å². The summed E-state index contributed by atoms with van der Waals surface area (Å²) >= 11 is 0. The molecule has 0 saturated carbocycles. The molecule has 24 heavy (non-hydrogen) atoms. The molecule has 1 atom stereocenters. The molecule has 1 aliphatic heterocycles. The molecule has 2 aromatic rings. The Hall–Kier alpha value is -2.14. The van der Waals surface area contributed by atoms with Gasteiger partial charge in [-0.05, 0) is 35.7 Å². The maximum atomic E-state index is 13.0. The second kappa shape index (κ2) is 6.77. The first-order chi connectivity index (χ1) is 11.5. The molecule has 1 heterocycles. The van der Waals surface area contributed by atoms with E-state index in [0.717, 1.165) is 33.3 Å². The van der Waals surface area contributed by atoms with Crippen LogP contribution in [-0.4, -0.2) is 16.7 Å². The van der Waals surface area contributed by atoms with Gasteiger partial charge in [-0.1, -0.05) is 32.0 Å². The summed E-state index contributed by atoms with van der Waals surface area (Å²) < 4.78 is 18.1. The molecule has 0 fully saturated rings. The lowest BCUT2D eigenvalue weighted by Gasteiger charge is -2.34. The maximum absolute atomic E-state index is 13.0. The molecule has 0 amide bonds. The van der Waals surface area contributed by atoms with Gasteiger partial charge in [-0.2, -0.15) is 0 Å². The number of fused-ring (bicyclic) bond motifs is 2. The summed E-state index contributed by atoms with van der Waals surface area (Å²) in [6, 6.07) is 13.6. The summed E-state index contributed by atoms with van der Waals surface area (Å²) in [6.45, 7) is 6.78. The quantitative estimate of drug-likeness (QED) is 0.787. The average molecular weight is 343 g/mol. The number of para-hydroxylation sites is 1. The molecule has 1 unspecified atom stereocenters. The highest BCUT2D eigenvalue weighted by Gasteiger charge is 2.28. The average Bonchev–Trinajstić information content (AvgIpc) is 2.56. The van der Waals surface area contributed by atoms with E-state index in [0.29, 0.717) is 5.92 Å². The smallest absolute Gasteiger partial charge is 0.302 e. The van der Waals surface area contributed by atoms with E-state index in [2.05, 4.69) is 18.7 Å². The lowest BCUT2D eigenvalue weighted by molar-refractivity contribution is -0.142. The molecule has 0 spiro atoms. The number of carbonyl (C=O) groups excluding carboxylic acids is 1. The van der Waals surface area contributed by atoms with E-state index in [1.807, 2.05) is 42.5 Å². The number of carbonyl (C=O) groups is 1. The fraction of sp³-hybridized carbons (Fsp3) is 0.316. The van der Waals surface area contributed by atoms with Crippen molar-refractivity contribution in [2.75, 3.05) is 11.4 Å². The lowest BCUT2D eigenvalue weighted by Crippen LogP contribution is -2.27. The molecule has 0 saturated heterocycles. The minimum Gasteiger partial charge on any atom is -0.461 e. The second-order valence-electron chi connectivity index (χ2n) is 6.32. The third-order valence-corrected chi connectivity index (χ3v) is 5.33. The summed E-state index contributed by atoms with van der Waals surface area (Å²) in [7, 11) is -1.23. The first-order valence-corrected chi connectivity index (χ1v) is 9.17. The van der Waals surface area contributed by atoms with Gasteiger partial charge in [0.2, 0.25) is 0 Å². The van der Waals surface area contributed by atoms with Gasteiger partial charge in [0.1, 0.15) is 6.61 Å². The van der Waals surface area contributed by atoms with Gasteiger partial charge in [0.25, 0.3) is 0 Å². The van der Waals surface area contributed by atoms with Crippen molar-refractivity contribution in [1.29, 1.82) is 0 Å². The van der Waals surface area contributed by atoms with E-state index in [1.165, 1.54) is 6.92 Å². The molecule has 126 valence electrons. The van der Waals surface area contributed by atoms with Crippen molar-refractivity contribution in [3.05, 3.63) is 48.0 Å². The van der Waals surface area contributed by atoms with Gasteiger partial charge >= 0.3 is 5.97 Å². The van der Waals surface area contributed by atoms with Crippen LogP contribution in [0.15, 0.2) is 52.3 Å². The molecule has 5 heteroatoms. The Morgan fingerprint density at radius 3 is 2.54 bits per heavy atom. The summed E-state index contributed by atoms with van der Waals surface area (Å²) in [5.41, 5.74) is 2.82. The number of hydrogen-bond donors (Lipinski definition) is 0. The third-order valence-electron chi connectivity index (χ3n) is 3.86. The van der Waals surface area contributed by atoms with Gasteiger partial charge in [0, 0.05) is 13.5 Å². The topological polar surface area (TPSA) is 46.6 Å². The number of hydrogen-bond acceptors (Lipinski definition) is 4. The molecule has 0 bridgehead atoms. The van der Waals surface area contributed by atoms with Crippen molar-refractivity contribution in [2.24, 2.45) is 5.92 Å². The van der Waals surface area contributed by atoms with Crippen LogP contribution in [0, 0.1) is 5.92 Å². The van der Waals surface area contributed by atoms with Gasteiger partial charge in [-0.3, -0.25) is 4.79 Å². The Morgan fingerprint density at radius 2 is 1.83 bits per heavy atom. The zero-order valence-electron chi connectivity index (χ0n) is 14.1. The van der Waals surface area contributed by atoms with Gasteiger partial charge in [-0.15, -0.1) is 0 Å². The number of ether oxygens (including phenoxy) is 1. The number of rotatable bonds is 4. The largest absolute Gasteiger partial charge is 0.461 e. The van der Waals surface area contributed by atoms with Gasteiger partial charge < -0.3 is 9.64 Å². The SMILES string of the molecule is CC(=O)OCc1ccc2c(c1)S(=O)c1ccccc1N2CC(C)C. The van der Waals surface area contributed by atoms with E-state index in [4.69, 9.17) is 4.74 Å². The predicted octanol–water partition coefficient (Wildman–Crippen LogP) is 4.02. The van der Waals surface area contributed by atoms with Crippen LogP contribution in [0.25, 0.3) is 0 Å². The van der Waals surface area contributed by atoms with E-state index < -0.39 is 10.8 Å². The number of esters is 1.